The molecular formula is C100H139FN16O30. The minimum absolute atomic E-state index is 0.0723. The van der Waals surface area contributed by atoms with E-state index in [4.69, 9.17) is 102 Å². The second-order valence-corrected chi connectivity index (χ2v) is 34.2. The molecule has 8 aromatic rings. The Kier molecular flexibility index (Phi) is 50.2. The van der Waals surface area contributed by atoms with Crippen molar-refractivity contribution in [1.29, 1.82) is 0 Å². The lowest BCUT2D eigenvalue weighted by molar-refractivity contribution is -0.138. The standard InChI is InChI=1S/C100H139FN16O30/c1-129-72-11-4-8-69(59-72)108-79(91(102)97-94(126)84(119)24-40-145-97)21-34-132-46-52-138-55-49-135-43-30-104-87(122)27-37-141-64-100(110-90(125)14-7-33-144-75-17-19-77-67(58-75)15-18-78(109-77)80(111-103)63-107-68-16-20-83(118)76(101)60-68,65-142-38-28-88(123)105-31-44-136-50-56-139-53-47-133-35-22-81-92(98-95(127)85(120)25-41-146-98)112-114-116(81)70-9-5-12-73(61-70)130-2)66-143-39-29-89(124)106-32-45-137-51-57-140-54-48-134-36-23-82-93(99-96(128)86(121)26-42-147-99)113-115-117(82)71-10-6-13-74(62-71)131-3/h4-6,8-13,15-20,58-63,84-86,94-99,108,118-121,126-128H,7,14,21-57,64-66,102-103H2,1-3H3,(H,104,122)(H,105,123)(H,106,124)(H,110,125)/b91-79-,107-63?,111-80?/t84-,85-,86-,94-,95-,96-,97-,98-,99-/m1/s1. The lowest BCUT2D eigenvalue weighted by Crippen LogP contribution is -2.58. The number of benzene rings is 5. The van der Waals surface area contributed by atoms with Gasteiger partial charge in [-0.25, -0.2) is 18.7 Å². The van der Waals surface area contributed by atoms with Gasteiger partial charge in [-0.2, -0.15) is 5.10 Å². The molecule has 0 unspecified atom stereocenters. The maximum Gasteiger partial charge on any atom is 0.222 e. The number of aliphatic imine (C=N–C) groups is 1. The number of hydrogen-bond acceptors (Lipinski definition) is 40. The van der Waals surface area contributed by atoms with Gasteiger partial charge in [0.1, 0.15) is 82.3 Å². The third kappa shape index (κ3) is 38.4. The van der Waals surface area contributed by atoms with Crippen LogP contribution in [0.2, 0.25) is 0 Å². The molecule has 3 saturated heterocycles. The second-order valence-electron chi connectivity index (χ2n) is 34.2. The van der Waals surface area contributed by atoms with Crippen molar-refractivity contribution in [3.8, 4) is 40.1 Å². The number of aromatic nitrogens is 7. The van der Waals surface area contributed by atoms with Crippen LogP contribution in [-0.4, -0.2) is 380 Å². The van der Waals surface area contributed by atoms with Crippen LogP contribution in [0, 0.1) is 5.82 Å². The molecule has 3 aromatic heterocycles. The third-order valence-corrected chi connectivity index (χ3v) is 23.5. The lowest BCUT2D eigenvalue weighted by atomic mass is 9.98. The molecule has 6 heterocycles. The summed E-state index contributed by atoms with van der Waals surface area (Å²) in [6, 6.07) is 34.1. The normalized spacial score (nSPS) is 18.4. The number of nitrogens with one attached hydrogen (secondary N) is 5. The van der Waals surface area contributed by atoms with Crippen molar-refractivity contribution in [3.63, 3.8) is 0 Å². The van der Waals surface area contributed by atoms with Crippen LogP contribution in [0.4, 0.5) is 15.8 Å². The molecular weight excluding hydrogens is 1920 g/mol. The monoisotopic (exact) mass is 2060 g/mol. The third-order valence-electron chi connectivity index (χ3n) is 23.5. The van der Waals surface area contributed by atoms with Crippen LogP contribution in [0.3, 0.4) is 0 Å². The van der Waals surface area contributed by atoms with Gasteiger partial charge in [-0.15, -0.1) is 10.2 Å². The van der Waals surface area contributed by atoms with Gasteiger partial charge >= 0.3 is 0 Å². The summed E-state index contributed by atoms with van der Waals surface area (Å²) in [5.41, 5.74) is 11.3. The number of pyridine rings is 1. The Hall–Kier alpha value is -11.8. The molecule has 0 bridgehead atoms. The predicted molar refractivity (Wildman–Crippen MR) is 530 cm³/mol. The number of anilines is 1. The van der Waals surface area contributed by atoms with E-state index in [-0.39, 0.29) is 291 Å². The Morgan fingerprint density at radius 2 is 0.939 bits per heavy atom. The molecule has 5 aromatic carbocycles. The van der Waals surface area contributed by atoms with E-state index in [2.05, 4.69) is 62.3 Å². The van der Waals surface area contributed by atoms with Gasteiger partial charge < -0.3 is 164 Å². The number of hydrazone groups is 1. The number of aliphatic hydroxyl groups is 6. The number of ether oxygens (including phenoxy) is 19. The maximum atomic E-state index is 14.3. The van der Waals surface area contributed by atoms with E-state index >= 15 is 0 Å². The largest absolute Gasteiger partial charge is 0.505 e. The summed E-state index contributed by atoms with van der Waals surface area (Å²) in [5, 5.41) is 110. The zero-order valence-corrected chi connectivity index (χ0v) is 83.1. The average molecular weight is 2060 g/mol. The van der Waals surface area contributed by atoms with E-state index in [9.17, 15) is 59.3 Å². The van der Waals surface area contributed by atoms with Crippen LogP contribution in [0.1, 0.15) is 98.5 Å². The molecule has 3 aliphatic heterocycles. The van der Waals surface area contributed by atoms with E-state index in [1.807, 2.05) is 36.4 Å². The molecule has 9 atom stereocenters. The van der Waals surface area contributed by atoms with Crippen molar-refractivity contribution in [2.24, 2.45) is 21.7 Å². The number of aromatic hydroxyl groups is 1. The number of rotatable bonds is 70. The summed E-state index contributed by atoms with van der Waals surface area (Å²) in [6.07, 6.45) is -6.33. The first kappa shape index (κ1) is 116. The molecule has 0 saturated carbocycles. The summed E-state index contributed by atoms with van der Waals surface area (Å²) in [5.74, 6) is 5.11. The van der Waals surface area contributed by atoms with Crippen LogP contribution in [0.15, 0.2) is 143 Å². The second kappa shape index (κ2) is 63.8. The highest BCUT2D eigenvalue weighted by Gasteiger charge is 2.41. The molecule has 0 radical (unpaired) electrons. The highest BCUT2D eigenvalue weighted by molar-refractivity contribution is 6.38. The number of amides is 4. The number of fused-ring (bicyclic) bond motifs is 1. The van der Waals surface area contributed by atoms with Crippen LogP contribution in [-0.2, 0) is 103 Å². The van der Waals surface area contributed by atoms with Crippen LogP contribution in [0.25, 0.3) is 22.3 Å². The molecule has 4 amide bonds. The molecule has 11 rings (SSSR count). The van der Waals surface area contributed by atoms with Crippen LogP contribution in [0.5, 0.6) is 28.7 Å². The molecule has 0 spiro atoms. The van der Waals surface area contributed by atoms with Crippen molar-refractivity contribution in [1.82, 2.24) is 56.2 Å². The van der Waals surface area contributed by atoms with Crippen molar-refractivity contribution in [2.75, 3.05) is 231 Å². The topological polar surface area (TPSA) is 596 Å². The molecule has 46 nitrogen and oxygen atoms in total. The summed E-state index contributed by atoms with van der Waals surface area (Å²) in [4.78, 5) is 63.2. The van der Waals surface area contributed by atoms with Gasteiger partial charge in [0.15, 0.2) is 11.6 Å². The first-order chi connectivity index (χ1) is 71.6. The molecule has 147 heavy (non-hydrogen) atoms. The fraction of sp³-hybridized carbons (Fsp3) is 0.550. The van der Waals surface area contributed by atoms with E-state index in [1.54, 1.807) is 97.4 Å². The minimum Gasteiger partial charge on any atom is -0.505 e. The highest BCUT2D eigenvalue weighted by atomic mass is 19.1. The van der Waals surface area contributed by atoms with Gasteiger partial charge in [-0.3, -0.25) is 24.2 Å². The Labute approximate surface area is 850 Å². The van der Waals surface area contributed by atoms with Crippen molar-refractivity contribution in [3.05, 3.63) is 167 Å². The number of aliphatic hydroxyl groups excluding tert-OH is 6. The first-order valence-electron chi connectivity index (χ1n) is 49.0. The fourth-order valence-corrected chi connectivity index (χ4v) is 15.6. The van der Waals surface area contributed by atoms with Gasteiger partial charge in [-0.05, 0) is 98.5 Å². The zero-order chi connectivity index (χ0) is 104. The summed E-state index contributed by atoms with van der Waals surface area (Å²) in [6.45, 7) is 4.07. The van der Waals surface area contributed by atoms with Gasteiger partial charge in [0.05, 0.1) is 276 Å². The SMILES string of the molecule is COc1cccc(N/C(CCOCCOCCOCCNC(=O)CCOCC(COCCC(=O)NCCOCCOCCOCCc2c([C@H]3OCC[C@@H](O)[C@H]3O)nnn2-c2cccc(OC)c2)(COCCC(=O)NCCOCCOCCOCCc2c([C@H]3OCC[C@@H](O)[C@H]3O)nnn2-c2cccc(OC)c2)NC(=O)CCCOc2ccc3nc(C(C=Nc4ccc(O)c(F)c4)=NN)ccc3c2)=C(\N)[C@H]2OCC[C@@H](O)[C@H]2O)c1. The van der Waals surface area contributed by atoms with Gasteiger partial charge in [0, 0.05) is 106 Å². The smallest absolute Gasteiger partial charge is 0.222 e. The maximum absolute atomic E-state index is 14.3. The van der Waals surface area contributed by atoms with E-state index in [0.717, 1.165) is 6.07 Å². The number of methoxy groups -OCH3 is 3. The van der Waals surface area contributed by atoms with Crippen LogP contribution >= 0.6 is 0 Å². The molecule has 806 valence electrons. The molecule has 47 heteroatoms. The van der Waals surface area contributed by atoms with Crippen molar-refractivity contribution in [2.45, 2.75) is 131 Å². The molecule has 16 N–H and O–H groups in total. The fourth-order valence-electron chi connectivity index (χ4n) is 15.6. The van der Waals surface area contributed by atoms with E-state index in [0.29, 0.717) is 104 Å². The van der Waals surface area contributed by atoms with Gasteiger partial charge in [0.2, 0.25) is 23.6 Å². The first-order valence-corrected chi connectivity index (χ1v) is 49.0. The predicted octanol–water partition coefficient (Wildman–Crippen LogP) is 3.10. The Balaban J connectivity index is 0.644. The van der Waals surface area contributed by atoms with Gasteiger partial charge in [-0.1, -0.05) is 34.7 Å². The molecule has 3 fully saturated rings. The minimum atomic E-state index is -1.48. The van der Waals surface area contributed by atoms with Crippen molar-refractivity contribution >= 4 is 57.8 Å². The van der Waals surface area contributed by atoms with E-state index < -0.39 is 77.9 Å². The number of carbonyl (C=O) groups is 4. The number of halogens is 1. The summed E-state index contributed by atoms with van der Waals surface area (Å²) < 4.78 is 128. The lowest BCUT2D eigenvalue weighted by Gasteiger charge is -2.34. The van der Waals surface area contributed by atoms with Crippen molar-refractivity contribution < 1.29 is 149 Å². The summed E-state index contributed by atoms with van der Waals surface area (Å²) in [7, 11) is 4.68. The molecule has 3 aliphatic rings. The number of nitrogens with two attached hydrogens (primary N) is 2. The van der Waals surface area contributed by atoms with Crippen LogP contribution < -0.4 is 57.1 Å². The Morgan fingerprint density at radius 3 is 1.43 bits per heavy atom. The molecule has 0 aliphatic carbocycles. The zero-order valence-electron chi connectivity index (χ0n) is 83.1. The summed E-state index contributed by atoms with van der Waals surface area (Å²) >= 11 is 0. The Bertz CT molecular complexity index is 5240. The van der Waals surface area contributed by atoms with Gasteiger partial charge in [0.25, 0.3) is 0 Å². The number of nitrogens with zero attached hydrogens (tertiary/aromatic N) is 9. The quantitative estimate of drug-likeness (QED) is 0.0113. The number of hydrogen-bond donors (Lipinski definition) is 14. The average Bonchev–Trinajstić information content (AvgIpc) is 1.80. The number of phenolic OH excluding ortho intramolecular Hbond substituents is 1. The Morgan fingerprint density at radius 1 is 0.483 bits per heavy atom. The number of phenols is 1. The number of carbonyl (C=O) groups excluding carboxylic acids is 4. The van der Waals surface area contributed by atoms with E-state index in [1.165, 1.54) is 18.3 Å². The highest BCUT2D eigenvalue weighted by Crippen LogP contribution is 2.35.